The van der Waals surface area contributed by atoms with Gasteiger partial charge in [-0.1, -0.05) is 12.1 Å². The third kappa shape index (κ3) is 5.79. The SMILES string of the molecule is Cc1ccc(C(=O)N/C(=C\c2cccs2)C(=O)NCCCN2CCCC2=O)cc1C. The Balaban J connectivity index is 1.63. The highest BCUT2D eigenvalue weighted by atomic mass is 32.1. The average molecular weight is 426 g/mol. The summed E-state index contributed by atoms with van der Waals surface area (Å²) >= 11 is 1.49. The second kappa shape index (κ2) is 10.2. The molecule has 1 aromatic carbocycles. The van der Waals surface area contributed by atoms with Gasteiger partial charge in [0.2, 0.25) is 5.91 Å². The van der Waals surface area contributed by atoms with Gasteiger partial charge in [-0.3, -0.25) is 14.4 Å². The molecule has 0 spiro atoms. The van der Waals surface area contributed by atoms with Crippen molar-refractivity contribution in [1.29, 1.82) is 0 Å². The Kier molecular flexibility index (Phi) is 7.41. The van der Waals surface area contributed by atoms with Gasteiger partial charge in [-0.25, -0.2) is 0 Å². The number of nitrogens with zero attached hydrogens (tertiary/aromatic N) is 1. The lowest BCUT2D eigenvalue weighted by molar-refractivity contribution is -0.127. The van der Waals surface area contributed by atoms with E-state index >= 15 is 0 Å². The number of likely N-dealkylation sites (tertiary alicyclic amines) is 1. The van der Waals surface area contributed by atoms with E-state index in [1.54, 1.807) is 12.1 Å². The minimum Gasteiger partial charge on any atom is -0.351 e. The number of thiophene rings is 1. The fourth-order valence-corrected chi connectivity index (χ4v) is 3.92. The molecule has 2 N–H and O–H groups in total. The second-order valence-corrected chi connectivity index (χ2v) is 8.40. The predicted octanol–water partition coefficient (Wildman–Crippen LogP) is 3.26. The molecule has 1 saturated heterocycles. The van der Waals surface area contributed by atoms with E-state index in [-0.39, 0.29) is 23.4 Å². The molecule has 1 aliphatic heterocycles. The fourth-order valence-electron chi connectivity index (χ4n) is 3.26. The van der Waals surface area contributed by atoms with Crippen molar-refractivity contribution in [2.75, 3.05) is 19.6 Å². The molecule has 3 amide bonds. The number of hydrogen-bond donors (Lipinski definition) is 2. The van der Waals surface area contributed by atoms with Crippen molar-refractivity contribution in [2.45, 2.75) is 33.1 Å². The van der Waals surface area contributed by atoms with Gasteiger partial charge in [-0.05, 0) is 67.5 Å². The minimum atomic E-state index is -0.340. The van der Waals surface area contributed by atoms with Crippen LogP contribution in [0.3, 0.4) is 0 Å². The van der Waals surface area contributed by atoms with Crippen LogP contribution < -0.4 is 10.6 Å². The zero-order valence-corrected chi connectivity index (χ0v) is 18.2. The molecule has 0 atom stereocenters. The van der Waals surface area contributed by atoms with Gasteiger partial charge < -0.3 is 15.5 Å². The maximum absolute atomic E-state index is 12.7. The Hall–Kier alpha value is -2.93. The van der Waals surface area contributed by atoms with Crippen molar-refractivity contribution in [3.63, 3.8) is 0 Å². The largest absolute Gasteiger partial charge is 0.351 e. The predicted molar refractivity (Wildman–Crippen MR) is 119 cm³/mol. The highest BCUT2D eigenvalue weighted by Crippen LogP contribution is 2.14. The van der Waals surface area contributed by atoms with Crippen LogP contribution in [0, 0.1) is 13.8 Å². The summed E-state index contributed by atoms with van der Waals surface area (Å²) in [5.74, 6) is -0.479. The van der Waals surface area contributed by atoms with Crippen molar-refractivity contribution in [3.05, 3.63) is 63.0 Å². The Morgan fingerprint density at radius 1 is 1.20 bits per heavy atom. The number of nitrogens with one attached hydrogen (secondary N) is 2. The van der Waals surface area contributed by atoms with E-state index in [4.69, 9.17) is 0 Å². The molecule has 7 heteroatoms. The summed E-state index contributed by atoms with van der Waals surface area (Å²) in [6, 6.07) is 9.25. The van der Waals surface area contributed by atoms with Crippen molar-refractivity contribution >= 4 is 35.1 Å². The molecule has 0 radical (unpaired) electrons. The molecular weight excluding hydrogens is 398 g/mol. The molecule has 0 saturated carbocycles. The minimum absolute atomic E-state index is 0.181. The molecular formula is C23H27N3O3S. The number of carbonyl (C=O) groups is 3. The topological polar surface area (TPSA) is 78.5 Å². The monoisotopic (exact) mass is 425 g/mol. The number of carbonyl (C=O) groups excluding carboxylic acids is 3. The smallest absolute Gasteiger partial charge is 0.267 e. The molecule has 2 heterocycles. The standard InChI is InChI=1S/C23H27N3O3S/c1-16-8-9-18(14-17(16)2)22(28)25-20(15-19-6-4-13-30-19)23(29)24-10-5-12-26-11-3-7-21(26)27/h4,6,8-9,13-15H,3,5,7,10-12H2,1-2H3,(H,24,29)(H,25,28)/b20-15-. The van der Waals surface area contributed by atoms with E-state index in [1.807, 2.05) is 48.4 Å². The van der Waals surface area contributed by atoms with Crippen LogP contribution in [0.4, 0.5) is 0 Å². The number of benzene rings is 1. The average Bonchev–Trinajstić information content (AvgIpc) is 3.38. The van der Waals surface area contributed by atoms with Crippen molar-refractivity contribution < 1.29 is 14.4 Å². The third-order valence-electron chi connectivity index (χ3n) is 5.15. The lowest BCUT2D eigenvalue weighted by Gasteiger charge is -2.16. The maximum Gasteiger partial charge on any atom is 0.267 e. The van der Waals surface area contributed by atoms with Gasteiger partial charge in [-0.15, -0.1) is 11.3 Å². The van der Waals surface area contributed by atoms with Crippen LogP contribution in [0.25, 0.3) is 6.08 Å². The normalized spacial score (nSPS) is 14.1. The molecule has 2 aromatic rings. The molecule has 1 fully saturated rings. The summed E-state index contributed by atoms with van der Waals surface area (Å²) in [4.78, 5) is 39.8. The number of rotatable bonds is 8. The first-order chi connectivity index (χ1) is 14.4. The van der Waals surface area contributed by atoms with Crippen LogP contribution in [0.2, 0.25) is 0 Å². The molecule has 0 aliphatic carbocycles. The van der Waals surface area contributed by atoms with E-state index in [0.717, 1.165) is 29.0 Å². The summed E-state index contributed by atoms with van der Waals surface area (Å²) in [5, 5.41) is 7.53. The zero-order valence-electron chi connectivity index (χ0n) is 17.4. The molecule has 30 heavy (non-hydrogen) atoms. The molecule has 1 aromatic heterocycles. The van der Waals surface area contributed by atoms with Gasteiger partial charge in [0.15, 0.2) is 0 Å². The van der Waals surface area contributed by atoms with Gasteiger partial charge >= 0.3 is 0 Å². The maximum atomic E-state index is 12.7. The zero-order chi connectivity index (χ0) is 21.5. The molecule has 158 valence electrons. The summed E-state index contributed by atoms with van der Waals surface area (Å²) in [7, 11) is 0. The quantitative estimate of drug-likeness (QED) is 0.503. The van der Waals surface area contributed by atoms with Crippen LogP contribution >= 0.6 is 11.3 Å². The van der Waals surface area contributed by atoms with E-state index in [0.29, 0.717) is 31.5 Å². The summed E-state index contributed by atoms with van der Waals surface area (Å²) in [6.45, 7) is 5.80. The lowest BCUT2D eigenvalue weighted by Crippen LogP contribution is -2.36. The second-order valence-electron chi connectivity index (χ2n) is 7.42. The summed E-state index contributed by atoms with van der Waals surface area (Å²) in [5.41, 5.74) is 2.84. The van der Waals surface area contributed by atoms with Crippen molar-refractivity contribution in [1.82, 2.24) is 15.5 Å². The first-order valence-electron chi connectivity index (χ1n) is 10.1. The van der Waals surface area contributed by atoms with Crippen LogP contribution in [-0.4, -0.2) is 42.3 Å². The van der Waals surface area contributed by atoms with Gasteiger partial charge in [0.1, 0.15) is 5.70 Å². The van der Waals surface area contributed by atoms with Gasteiger partial charge in [0.05, 0.1) is 0 Å². The van der Waals surface area contributed by atoms with E-state index in [2.05, 4.69) is 10.6 Å². The van der Waals surface area contributed by atoms with Crippen LogP contribution in [-0.2, 0) is 9.59 Å². The first-order valence-corrected chi connectivity index (χ1v) is 11.0. The van der Waals surface area contributed by atoms with Gasteiger partial charge in [-0.2, -0.15) is 0 Å². The Labute approximate surface area is 181 Å². The van der Waals surface area contributed by atoms with E-state index < -0.39 is 0 Å². The molecule has 1 aliphatic rings. The Bertz CT molecular complexity index is 951. The fraction of sp³-hybridized carbons (Fsp3) is 0.348. The lowest BCUT2D eigenvalue weighted by atomic mass is 10.1. The van der Waals surface area contributed by atoms with E-state index in [1.165, 1.54) is 11.3 Å². The Morgan fingerprint density at radius 2 is 2.03 bits per heavy atom. The number of hydrogen-bond acceptors (Lipinski definition) is 4. The molecule has 0 unspecified atom stereocenters. The number of amides is 3. The number of aryl methyl sites for hydroxylation is 2. The Morgan fingerprint density at radius 3 is 2.70 bits per heavy atom. The van der Waals surface area contributed by atoms with Gasteiger partial charge in [0, 0.05) is 36.5 Å². The van der Waals surface area contributed by atoms with Gasteiger partial charge in [0.25, 0.3) is 11.8 Å². The highest BCUT2D eigenvalue weighted by Gasteiger charge is 2.19. The first kappa shape index (κ1) is 21.8. The molecule has 0 bridgehead atoms. The summed E-state index contributed by atoms with van der Waals surface area (Å²) < 4.78 is 0. The van der Waals surface area contributed by atoms with Crippen LogP contribution in [0.1, 0.15) is 45.6 Å². The highest BCUT2D eigenvalue weighted by molar-refractivity contribution is 7.10. The van der Waals surface area contributed by atoms with Crippen molar-refractivity contribution in [3.8, 4) is 0 Å². The summed E-state index contributed by atoms with van der Waals surface area (Å²) in [6.07, 6.45) is 3.88. The molecule has 3 rings (SSSR count). The third-order valence-corrected chi connectivity index (χ3v) is 5.97. The van der Waals surface area contributed by atoms with Crippen molar-refractivity contribution in [2.24, 2.45) is 0 Å². The van der Waals surface area contributed by atoms with E-state index in [9.17, 15) is 14.4 Å². The van der Waals surface area contributed by atoms with Crippen LogP contribution in [0.5, 0.6) is 0 Å². The van der Waals surface area contributed by atoms with Crippen LogP contribution in [0.15, 0.2) is 41.4 Å². The molecule has 6 nitrogen and oxygen atoms in total.